The Balaban J connectivity index is -0.0000000495. The molecule has 0 aromatic rings. The lowest BCUT2D eigenvalue weighted by Gasteiger charge is -1.82. The molecule has 0 spiro atoms. The van der Waals surface area contributed by atoms with Crippen molar-refractivity contribution in [1.29, 1.82) is 0 Å². The normalized spacial score (nSPS) is 5.93. The molecule has 0 amide bonds. The van der Waals surface area contributed by atoms with Crippen LogP contribution in [-0.4, -0.2) is 14.7 Å². The SMILES string of the molecule is C#CC.C#CC.C#CC.O=P(O)(O)O. The van der Waals surface area contributed by atoms with Gasteiger partial charge in [0.15, 0.2) is 0 Å². The fraction of sp³-hybridized carbons (Fsp3) is 0.333. The quantitative estimate of drug-likeness (QED) is 0.418. The minimum absolute atomic E-state index is 1.65. The molecule has 0 radical (unpaired) electrons. The zero-order valence-electron chi connectivity index (χ0n) is 8.43. The van der Waals surface area contributed by atoms with Crippen molar-refractivity contribution in [2.45, 2.75) is 20.8 Å². The number of rotatable bonds is 0. The molecule has 0 unspecified atom stereocenters. The lowest BCUT2D eigenvalue weighted by atomic mass is 10.9. The molecule has 0 atom stereocenters. The lowest BCUT2D eigenvalue weighted by Crippen LogP contribution is -1.66. The molecule has 3 N–H and O–H groups in total. The van der Waals surface area contributed by atoms with E-state index in [2.05, 4.69) is 37.0 Å². The molecule has 0 heterocycles. The molecule has 0 aliphatic rings. The maximum absolute atomic E-state index is 8.88. The van der Waals surface area contributed by atoms with Gasteiger partial charge < -0.3 is 14.7 Å². The Kier molecular flexibility index (Phi) is 37.2. The highest BCUT2D eigenvalue weighted by Crippen LogP contribution is 2.25. The van der Waals surface area contributed by atoms with E-state index in [-0.39, 0.29) is 0 Å². The van der Waals surface area contributed by atoms with Crippen LogP contribution in [0.4, 0.5) is 0 Å². The predicted octanol–water partition coefficient (Wildman–Crippen LogP) is 0.990. The number of terminal acetylenes is 3. The van der Waals surface area contributed by atoms with E-state index in [4.69, 9.17) is 19.2 Å². The Morgan fingerprint density at radius 3 is 0.857 bits per heavy atom. The van der Waals surface area contributed by atoms with Gasteiger partial charge in [0, 0.05) is 0 Å². The van der Waals surface area contributed by atoms with Gasteiger partial charge in [-0.3, -0.25) is 0 Å². The Labute approximate surface area is 85.6 Å². The van der Waals surface area contributed by atoms with E-state index in [9.17, 15) is 0 Å². The van der Waals surface area contributed by atoms with E-state index in [1.807, 2.05) is 0 Å². The molecule has 0 aromatic carbocycles. The van der Waals surface area contributed by atoms with Crippen molar-refractivity contribution in [3.05, 3.63) is 0 Å². The van der Waals surface area contributed by atoms with Crippen LogP contribution in [0.2, 0.25) is 0 Å². The van der Waals surface area contributed by atoms with E-state index in [1.54, 1.807) is 20.8 Å². The van der Waals surface area contributed by atoms with Crippen LogP contribution >= 0.6 is 7.82 Å². The van der Waals surface area contributed by atoms with Crippen LogP contribution in [-0.2, 0) is 4.57 Å². The van der Waals surface area contributed by atoms with Crippen molar-refractivity contribution >= 4 is 7.82 Å². The van der Waals surface area contributed by atoms with Crippen LogP contribution in [0.25, 0.3) is 0 Å². The van der Waals surface area contributed by atoms with Crippen LogP contribution in [0.5, 0.6) is 0 Å². The number of hydrogen-bond donors (Lipinski definition) is 3. The average molecular weight is 218 g/mol. The molecule has 0 aromatic heterocycles. The molecule has 0 fully saturated rings. The summed E-state index contributed by atoms with van der Waals surface area (Å²) in [4.78, 5) is 21.6. The number of hydrogen-bond acceptors (Lipinski definition) is 1. The van der Waals surface area contributed by atoms with Gasteiger partial charge >= 0.3 is 7.82 Å². The van der Waals surface area contributed by atoms with Crippen LogP contribution in [0.15, 0.2) is 0 Å². The summed E-state index contributed by atoms with van der Waals surface area (Å²) in [6.07, 6.45) is 13.8. The molecule has 80 valence electrons. The third kappa shape index (κ3) is 706. The average Bonchev–Trinajstić information content (AvgIpc) is 1.86. The second-order valence-corrected chi connectivity index (χ2v) is 2.41. The van der Waals surface area contributed by atoms with Crippen molar-refractivity contribution in [3.8, 4) is 37.0 Å². The predicted molar refractivity (Wildman–Crippen MR) is 57.8 cm³/mol. The first kappa shape index (κ1) is 23.0. The Bertz CT molecular complexity index is 209. The minimum Gasteiger partial charge on any atom is -0.303 e. The smallest absolute Gasteiger partial charge is 0.303 e. The van der Waals surface area contributed by atoms with Gasteiger partial charge in [0.2, 0.25) is 0 Å². The van der Waals surface area contributed by atoms with E-state index < -0.39 is 7.82 Å². The van der Waals surface area contributed by atoms with Gasteiger partial charge in [-0.2, -0.15) is 0 Å². The van der Waals surface area contributed by atoms with Gasteiger partial charge in [-0.25, -0.2) is 4.57 Å². The Morgan fingerprint density at radius 2 is 0.857 bits per heavy atom. The van der Waals surface area contributed by atoms with Crippen molar-refractivity contribution in [1.82, 2.24) is 0 Å². The first-order valence-electron chi connectivity index (χ1n) is 3.15. The third-order valence-electron chi connectivity index (χ3n) is 0. The molecular weight excluding hydrogens is 203 g/mol. The summed E-state index contributed by atoms with van der Waals surface area (Å²) in [5.41, 5.74) is 0. The third-order valence-corrected chi connectivity index (χ3v) is 0. The summed E-state index contributed by atoms with van der Waals surface area (Å²) >= 11 is 0. The van der Waals surface area contributed by atoms with Gasteiger partial charge in [0.05, 0.1) is 0 Å². The van der Waals surface area contributed by atoms with E-state index in [0.717, 1.165) is 0 Å². The summed E-state index contributed by atoms with van der Waals surface area (Å²) in [5.74, 6) is 6.75. The first-order valence-corrected chi connectivity index (χ1v) is 4.71. The molecule has 14 heavy (non-hydrogen) atoms. The van der Waals surface area contributed by atoms with Crippen molar-refractivity contribution < 1.29 is 19.2 Å². The van der Waals surface area contributed by atoms with Crippen molar-refractivity contribution in [2.24, 2.45) is 0 Å². The highest BCUT2D eigenvalue weighted by atomic mass is 31.2. The van der Waals surface area contributed by atoms with Crippen LogP contribution in [0.3, 0.4) is 0 Å². The fourth-order valence-electron chi connectivity index (χ4n) is 0. The summed E-state index contributed by atoms with van der Waals surface area (Å²) in [6.45, 7) is 4.96. The van der Waals surface area contributed by atoms with Gasteiger partial charge in [0.1, 0.15) is 0 Å². The van der Waals surface area contributed by atoms with Gasteiger partial charge in [0.25, 0.3) is 0 Å². The molecule has 0 saturated carbocycles. The zero-order chi connectivity index (χ0) is 12.6. The Hall–Kier alpha value is -1.21. The molecule has 0 bridgehead atoms. The maximum atomic E-state index is 8.88. The first-order chi connectivity index (χ1) is 6.24. The fourth-order valence-corrected chi connectivity index (χ4v) is 0. The second kappa shape index (κ2) is 22.6. The summed E-state index contributed by atoms with van der Waals surface area (Å²) < 4.78 is 8.88. The van der Waals surface area contributed by atoms with E-state index >= 15 is 0 Å². The molecule has 0 saturated heterocycles. The Morgan fingerprint density at radius 1 is 0.857 bits per heavy atom. The lowest BCUT2D eigenvalue weighted by molar-refractivity contribution is 0.275. The topological polar surface area (TPSA) is 77.8 Å². The molecule has 4 nitrogen and oxygen atoms in total. The minimum atomic E-state index is -4.64. The largest absolute Gasteiger partial charge is 0.466 e. The summed E-state index contributed by atoms with van der Waals surface area (Å²) in [7, 11) is -4.64. The molecule has 5 heteroatoms. The van der Waals surface area contributed by atoms with Gasteiger partial charge in [-0.15, -0.1) is 37.0 Å². The van der Waals surface area contributed by atoms with E-state index in [1.165, 1.54) is 0 Å². The molecular formula is C9H15O4P. The summed E-state index contributed by atoms with van der Waals surface area (Å²) in [6, 6.07) is 0. The van der Waals surface area contributed by atoms with Crippen LogP contribution in [0.1, 0.15) is 20.8 Å². The van der Waals surface area contributed by atoms with Crippen LogP contribution in [0, 0.1) is 37.0 Å². The van der Waals surface area contributed by atoms with Crippen molar-refractivity contribution in [2.75, 3.05) is 0 Å². The maximum Gasteiger partial charge on any atom is 0.466 e. The highest BCUT2D eigenvalue weighted by molar-refractivity contribution is 7.45. The standard InChI is InChI=1S/3C3H4.H3O4P/c3*1-3-2;1-5(2,3)4/h3*1H,2H3;(H3,1,2,3,4). The van der Waals surface area contributed by atoms with Crippen LogP contribution < -0.4 is 0 Å². The van der Waals surface area contributed by atoms with Gasteiger partial charge in [-0.05, 0) is 20.8 Å². The highest BCUT2D eigenvalue weighted by Gasteiger charge is 2.00. The van der Waals surface area contributed by atoms with E-state index in [0.29, 0.717) is 0 Å². The summed E-state index contributed by atoms with van der Waals surface area (Å²) in [5, 5.41) is 0. The van der Waals surface area contributed by atoms with Crippen molar-refractivity contribution in [3.63, 3.8) is 0 Å². The monoisotopic (exact) mass is 218 g/mol. The van der Waals surface area contributed by atoms with Gasteiger partial charge in [-0.1, -0.05) is 0 Å². The molecule has 0 rings (SSSR count). The molecule has 0 aliphatic carbocycles. The second-order valence-electron chi connectivity index (χ2n) is 1.38. The number of phosphoric acid groups is 1. The zero-order valence-corrected chi connectivity index (χ0v) is 9.32. The molecule has 0 aliphatic heterocycles.